The fourth-order valence-corrected chi connectivity index (χ4v) is 4.15. The number of hydrogen-bond donors (Lipinski definition) is 1. The first-order valence-electron chi connectivity index (χ1n) is 10.7. The van der Waals surface area contributed by atoms with E-state index >= 15 is 0 Å². The van der Waals surface area contributed by atoms with Gasteiger partial charge >= 0.3 is 0 Å². The molecule has 1 saturated heterocycles. The van der Waals surface area contributed by atoms with Crippen molar-refractivity contribution in [3.05, 3.63) is 78.4 Å². The van der Waals surface area contributed by atoms with Crippen LogP contribution in [-0.2, 0) is 6.54 Å². The van der Waals surface area contributed by atoms with Crippen molar-refractivity contribution in [2.24, 2.45) is 0 Å². The second-order valence-electron chi connectivity index (χ2n) is 7.86. The molecule has 6 heteroatoms. The summed E-state index contributed by atoms with van der Waals surface area (Å²) in [5.41, 5.74) is 6.97. The molecule has 0 spiro atoms. The predicted molar refractivity (Wildman–Crippen MR) is 121 cm³/mol. The van der Waals surface area contributed by atoms with E-state index in [-0.39, 0.29) is 0 Å². The van der Waals surface area contributed by atoms with Crippen LogP contribution in [0.5, 0.6) is 0 Å². The third kappa shape index (κ3) is 4.06. The van der Waals surface area contributed by atoms with E-state index in [1.807, 2.05) is 36.5 Å². The quantitative estimate of drug-likeness (QED) is 0.557. The zero-order chi connectivity index (χ0) is 21.0. The molecule has 154 valence electrons. The van der Waals surface area contributed by atoms with Crippen LogP contribution >= 0.6 is 0 Å². The minimum absolute atomic E-state index is 0.659. The number of nitrogens with zero attached hydrogens (tertiary/aromatic N) is 5. The highest BCUT2D eigenvalue weighted by Crippen LogP contribution is 2.28. The summed E-state index contributed by atoms with van der Waals surface area (Å²) in [6.07, 6.45) is 6.99. The smallest absolute Gasteiger partial charge is 0.137 e. The molecule has 1 aliphatic heterocycles. The van der Waals surface area contributed by atoms with Crippen molar-refractivity contribution in [3.8, 4) is 28.5 Å². The zero-order valence-electron chi connectivity index (χ0n) is 17.3. The van der Waals surface area contributed by atoms with Crippen LogP contribution in [0.1, 0.15) is 17.7 Å². The van der Waals surface area contributed by atoms with E-state index in [1.165, 1.54) is 5.69 Å². The van der Waals surface area contributed by atoms with Gasteiger partial charge in [-0.15, -0.1) is 0 Å². The van der Waals surface area contributed by atoms with Gasteiger partial charge in [-0.05, 0) is 49.8 Å². The van der Waals surface area contributed by atoms with E-state index in [0.29, 0.717) is 5.56 Å². The molecule has 1 N–H and O–H groups in total. The summed E-state index contributed by atoms with van der Waals surface area (Å²) in [4.78, 5) is 11.7. The number of nitriles is 1. The molecule has 0 bridgehead atoms. The fraction of sp³-hybridized carbons (Fsp3) is 0.240. The lowest BCUT2D eigenvalue weighted by atomic mass is 10.1. The summed E-state index contributed by atoms with van der Waals surface area (Å²) in [7, 11) is 0. The molecule has 5 rings (SSSR count). The van der Waals surface area contributed by atoms with Crippen molar-refractivity contribution in [1.82, 2.24) is 24.6 Å². The summed E-state index contributed by atoms with van der Waals surface area (Å²) >= 11 is 0. The molecule has 0 amide bonds. The topological polar surface area (TPSA) is 69.2 Å². The predicted octanol–water partition coefficient (Wildman–Crippen LogP) is 3.73. The molecule has 0 unspecified atom stereocenters. The Balaban J connectivity index is 1.62. The molecule has 1 fully saturated rings. The SMILES string of the molecule is N#Cc1ccc(-c2nc3ccc(-c4cccnc4)cn3c2CN2CCCNCC2)cc1. The van der Waals surface area contributed by atoms with Crippen LogP contribution in [0.15, 0.2) is 67.1 Å². The molecular formula is C25H24N6. The Labute approximate surface area is 181 Å². The molecule has 0 saturated carbocycles. The highest BCUT2D eigenvalue weighted by atomic mass is 15.2. The molecule has 1 aromatic carbocycles. The van der Waals surface area contributed by atoms with Gasteiger partial charge in [0, 0.05) is 54.9 Å². The second kappa shape index (κ2) is 8.68. The maximum atomic E-state index is 9.16. The molecule has 0 radical (unpaired) electrons. The standard InChI is InChI=1S/C25H24N6/c26-15-19-4-6-20(7-5-19)25-23(18-30-13-2-11-27-12-14-30)31-17-22(8-9-24(31)29-25)21-3-1-10-28-16-21/h1,3-10,16-17,27H,2,11-14,18H2. The number of aromatic nitrogens is 3. The number of imidazole rings is 1. The van der Waals surface area contributed by atoms with Crippen molar-refractivity contribution in [1.29, 1.82) is 5.26 Å². The molecule has 4 heterocycles. The minimum Gasteiger partial charge on any atom is -0.315 e. The Kier molecular flexibility index (Phi) is 5.44. The normalized spacial score (nSPS) is 14.9. The number of benzene rings is 1. The number of pyridine rings is 2. The van der Waals surface area contributed by atoms with Gasteiger partial charge in [-0.2, -0.15) is 5.26 Å². The van der Waals surface area contributed by atoms with Crippen LogP contribution in [0, 0.1) is 11.3 Å². The third-order valence-corrected chi connectivity index (χ3v) is 5.81. The van der Waals surface area contributed by atoms with Gasteiger partial charge in [0.05, 0.1) is 23.0 Å². The van der Waals surface area contributed by atoms with Crippen LogP contribution < -0.4 is 5.32 Å². The Morgan fingerprint density at radius 2 is 1.84 bits per heavy atom. The van der Waals surface area contributed by atoms with Crippen molar-refractivity contribution in [2.75, 3.05) is 26.2 Å². The van der Waals surface area contributed by atoms with Gasteiger partial charge in [-0.1, -0.05) is 18.2 Å². The molecule has 0 atom stereocenters. The van der Waals surface area contributed by atoms with E-state index in [0.717, 1.165) is 67.2 Å². The fourth-order valence-electron chi connectivity index (χ4n) is 4.15. The second-order valence-corrected chi connectivity index (χ2v) is 7.86. The number of fused-ring (bicyclic) bond motifs is 1. The lowest BCUT2D eigenvalue weighted by Gasteiger charge is -2.20. The van der Waals surface area contributed by atoms with Gasteiger partial charge in [-0.25, -0.2) is 4.98 Å². The summed E-state index contributed by atoms with van der Waals surface area (Å²) in [6.45, 7) is 4.98. The van der Waals surface area contributed by atoms with E-state index in [4.69, 9.17) is 10.2 Å². The van der Waals surface area contributed by atoms with Crippen LogP contribution in [0.25, 0.3) is 28.0 Å². The summed E-state index contributed by atoms with van der Waals surface area (Å²) < 4.78 is 2.22. The van der Waals surface area contributed by atoms with Crippen LogP contribution in [0.2, 0.25) is 0 Å². The van der Waals surface area contributed by atoms with Crippen molar-refractivity contribution >= 4 is 5.65 Å². The van der Waals surface area contributed by atoms with Crippen molar-refractivity contribution in [3.63, 3.8) is 0 Å². The lowest BCUT2D eigenvalue weighted by molar-refractivity contribution is 0.281. The average Bonchev–Trinajstić information content (AvgIpc) is 2.98. The van der Waals surface area contributed by atoms with Crippen LogP contribution in [-0.4, -0.2) is 45.4 Å². The average molecular weight is 409 g/mol. The highest BCUT2D eigenvalue weighted by Gasteiger charge is 2.19. The Hall–Kier alpha value is -3.53. The largest absolute Gasteiger partial charge is 0.315 e. The van der Waals surface area contributed by atoms with E-state index in [1.54, 1.807) is 6.20 Å². The maximum Gasteiger partial charge on any atom is 0.137 e. The van der Waals surface area contributed by atoms with Gasteiger partial charge in [0.25, 0.3) is 0 Å². The van der Waals surface area contributed by atoms with Crippen LogP contribution in [0.4, 0.5) is 0 Å². The first kappa shape index (κ1) is 19.4. The molecule has 4 aromatic rings. The summed E-state index contributed by atoms with van der Waals surface area (Å²) in [5, 5.41) is 12.6. The van der Waals surface area contributed by atoms with Gasteiger partial charge in [0.2, 0.25) is 0 Å². The van der Waals surface area contributed by atoms with Gasteiger partial charge in [0.1, 0.15) is 5.65 Å². The molecule has 6 nitrogen and oxygen atoms in total. The van der Waals surface area contributed by atoms with Crippen LogP contribution in [0.3, 0.4) is 0 Å². The molecular weight excluding hydrogens is 384 g/mol. The van der Waals surface area contributed by atoms with E-state index < -0.39 is 0 Å². The van der Waals surface area contributed by atoms with Crippen molar-refractivity contribution in [2.45, 2.75) is 13.0 Å². The molecule has 3 aromatic heterocycles. The summed E-state index contributed by atoms with van der Waals surface area (Å²) in [6, 6.07) is 18.1. The molecule has 31 heavy (non-hydrogen) atoms. The highest BCUT2D eigenvalue weighted by molar-refractivity contribution is 5.70. The third-order valence-electron chi connectivity index (χ3n) is 5.81. The lowest BCUT2D eigenvalue weighted by Crippen LogP contribution is -2.28. The zero-order valence-corrected chi connectivity index (χ0v) is 17.3. The number of rotatable bonds is 4. The Morgan fingerprint density at radius 1 is 0.968 bits per heavy atom. The Morgan fingerprint density at radius 3 is 2.65 bits per heavy atom. The van der Waals surface area contributed by atoms with Gasteiger partial charge in [0.15, 0.2) is 0 Å². The monoisotopic (exact) mass is 408 g/mol. The van der Waals surface area contributed by atoms with Gasteiger partial charge < -0.3 is 9.72 Å². The maximum absolute atomic E-state index is 9.16. The first-order valence-corrected chi connectivity index (χ1v) is 10.7. The number of nitrogens with one attached hydrogen (secondary N) is 1. The van der Waals surface area contributed by atoms with Crippen molar-refractivity contribution < 1.29 is 0 Å². The number of hydrogen-bond acceptors (Lipinski definition) is 5. The Bertz CT molecular complexity index is 1210. The first-order chi connectivity index (χ1) is 15.3. The summed E-state index contributed by atoms with van der Waals surface area (Å²) in [5.74, 6) is 0. The minimum atomic E-state index is 0.659. The molecule has 0 aliphatic carbocycles. The van der Waals surface area contributed by atoms with Gasteiger partial charge in [-0.3, -0.25) is 9.88 Å². The molecule has 1 aliphatic rings. The van der Waals surface area contributed by atoms with E-state index in [2.05, 4.69) is 50.1 Å². The van der Waals surface area contributed by atoms with E-state index in [9.17, 15) is 0 Å².